The van der Waals surface area contributed by atoms with Crippen molar-refractivity contribution in [3.05, 3.63) is 258 Å². The molecule has 0 aliphatic rings. The van der Waals surface area contributed by atoms with Gasteiger partial charge in [-0.05, 0) is 80.9 Å². The van der Waals surface area contributed by atoms with E-state index in [9.17, 15) is 0 Å². The highest BCUT2D eigenvalue weighted by molar-refractivity contribution is 5.83. The Morgan fingerprint density at radius 1 is 0.294 bits per heavy atom. The van der Waals surface area contributed by atoms with Gasteiger partial charge >= 0.3 is 0 Å². The summed E-state index contributed by atoms with van der Waals surface area (Å²) in [5.41, 5.74) is 12.8. The third-order valence-electron chi connectivity index (χ3n) is 8.76. The molecular weight excluding hydrogens is 615 g/mol. The lowest BCUT2D eigenvalue weighted by molar-refractivity contribution is 1.28. The summed E-state index contributed by atoms with van der Waals surface area (Å²) in [6.45, 7) is 0. The van der Waals surface area contributed by atoms with Gasteiger partial charge in [-0.25, -0.2) is 0 Å². The quantitative estimate of drug-likeness (QED) is 0.126. The number of benzene rings is 7. The summed E-state index contributed by atoms with van der Waals surface area (Å²) in [6.07, 6.45) is 13.0. The standard InChI is InChI=1S/C50H39N/c1-6-20-42(21-7-1)49(43-22-8-2-9-23-43)30-16-18-40-32-36-47(37-33-40)51(46-28-14-5-15-29-46)48-38-34-41(35-39-48)19-17-31-50(44-24-10-3-11-25-44)45-26-12-4-13-27-45/h1-39H/b18-16-,19-17?. The summed E-state index contributed by atoms with van der Waals surface area (Å²) in [5.74, 6) is 0. The van der Waals surface area contributed by atoms with Crippen LogP contribution in [0.2, 0.25) is 0 Å². The number of hydrogen-bond acceptors (Lipinski definition) is 1. The van der Waals surface area contributed by atoms with Crippen molar-refractivity contribution < 1.29 is 0 Å². The molecule has 51 heavy (non-hydrogen) atoms. The lowest BCUT2D eigenvalue weighted by Gasteiger charge is -2.25. The molecule has 0 heterocycles. The first-order valence-electron chi connectivity index (χ1n) is 17.4. The molecule has 7 aromatic rings. The van der Waals surface area contributed by atoms with E-state index >= 15 is 0 Å². The van der Waals surface area contributed by atoms with Gasteiger partial charge in [-0.3, -0.25) is 0 Å². The summed E-state index contributed by atoms with van der Waals surface area (Å²) >= 11 is 0. The van der Waals surface area contributed by atoms with Gasteiger partial charge in [-0.15, -0.1) is 0 Å². The minimum absolute atomic E-state index is 1.10. The topological polar surface area (TPSA) is 3.24 Å². The largest absolute Gasteiger partial charge is 0.311 e. The van der Waals surface area contributed by atoms with E-state index in [4.69, 9.17) is 0 Å². The summed E-state index contributed by atoms with van der Waals surface area (Å²) in [6, 6.07) is 70.2. The van der Waals surface area contributed by atoms with Gasteiger partial charge in [-0.2, -0.15) is 0 Å². The zero-order chi connectivity index (χ0) is 34.5. The van der Waals surface area contributed by atoms with Crippen molar-refractivity contribution in [1.82, 2.24) is 0 Å². The zero-order valence-electron chi connectivity index (χ0n) is 28.5. The smallest absolute Gasteiger partial charge is 0.0462 e. The molecule has 0 saturated heterocycles. The Labute approximate surface area is 302 Å². The number of allylic oxidation sites excluding steroid dienone is 4. The van der Waals surface area contributed by atoms with Gasteiger partial charge in [-0.1, -0.05) is 200 Å². The van der Waals surface area contributed by atoms with Gasteiger partial charge in [0.15, 0.2) is 0 Å². The average molecular weight is 654 g/mol. The third kappa shape index (κ3) is 8.48. The molecule has 7 aromatic carbocycles. The van der Waals surface area contributed by atoms with Crippen LogP contribution in [-0.2, 0) is 0 Å². The molecule has 0 radical (unpaired) electrons. The third-order valence-corrected chi connectivity index (χ3v) is 8.76. The molecule has 0 aliphatic carbocycles. The summed E-state index contributed by atoms with van der Waals surface area (Å²) in [4.78, 5) is 2.30. The van der Waals surface area contributed by atoms with Gasteiger partial charge in [0.1, 0.15) is 0 Å². The van der Waals surface area contributed by atoms with Crippen molar-refractivity contribution in [3.63, 3.8) is 0 Å². The zero-order valence-corrected chi connectivity index (χ0v) is 28.5. The van der Waals surface area contributed by atoms with Crippen molar-refractivity contribution in [2.75, 3.05) is 4.90 Å². The lowest BCUT2D eigenvalue weighted by atomic mass is 9.97. The Bertz CT molecular complexity index is 2000. The molecule has 0 unspecified atom stereocenters. The highest BCUT2D eigenvalue weighted by Crippen LogP contribution is 2.35. The van der Waals surface area contributed by atoms with E-state index in [1.807, 2.05) is 0 Å². The number of rotatable bonds is 11. The Morgan fingerprint density at radius 2 is 0.569 bits per heavy atom. The summed E-state index contributed by atoms with van der Waals surface area (Å²) in [7, 11) is 0. The van der Waals surface area contributed by atoms with E-state index in [2.05, 4.69) is 242 Å². The lowest BCUT2D eigenvalue weighted by Crippen LogP contribution is -2.09. The molecule has 0 atom stereocenters. The highest BCUT2D eigenvalue weighted by Gasteiger charge is 2.12. The molecule has 0 amide bonds. The molecule has 244 valence electrons. The van der Waals surface area contributed by atoms with E-state index in [1.165, 1.54) is 33.4 Å². The minimum atomic E-state index is 1.10. The molecule has 0 fully saturated rings. The van der Waals surface area contributed by atoms with Crippen molar-refractivity contribution in [3.8, 4) is 0 Å². The van der Waals surface area contributed by atoms with E-state index in [1.54, 1.807) is 0 Å². The van der Waals surface area contributed by atoms with Crippen LogP contribution in [0.4, 0.5) is 17.1 Å². The van der Waals surface area contributed by atoms with Gasteiger partial charge in [0.05, 0.1) is 0 Å². The van der Waals surface area contributed by atoms with Gasteiger partial charge in [0.25, 0.3) is 0 Å². The van der Waals surface area contributed by atoms with Crippen LogP contribution in [0.25, 0.3) is 23.3 Å². The van der Waals surface area contributed by atoms with Gasteiger partial charge in [0.2, 0.25) is 0 Å². The maximum atomic E-state index is 2.30. The number of nitrogens with zero attached hydrogens (tertiary/aromatic N) is 1. The van der Waals surface area contributed by atoms with Crippen LogP contribution in [-0.4, -0.2) is 0 Å². The summed E-state index contributed by atoms with van der Waals surface area (Å²) < 4.78 is 0. The van der Waals surface area contributed by atoms with Crippen molar-refractivity contribution in [2.45, 2.75) is 0 Å². The fourth-order valence-corrected chi connectivity index (χ4v) is 6.19. The van der Waals surface area contributed by atoms with Crippen LogP contribution >= 0.6 is 0 Å². The number of hydrogen-bond donors (Lipinski definition) is 0. The van der Waals surface area contributed by atoms with Crippen molar-refractivity contribution in [1.29, 1.82) is 0 Å². The van der Waals surface area contributed by atoms with E-state index in [0.29, 0.717) is 0 Å². The van der Waals surface area contributed by atoms with E-state index in [0.717, 1.165) is 28.2 Å². The molecular formula is C50H39N. The highest BCUT2D eigenvalue weighted by atomic mass is 15.1. The first kappa shape index (κ1) is 32.8. The second-order valence-corrected chi connectivity index (χ2v) is 12.2. The van der Waals surface area contributed by atoms with Crippen LogP contribution < -0.4 is 4.90 Å². The van der Waals surface area contributed by atoms with E-state index < -0.39 is 0 Å². The van der Waals surface area contributed by atoms with Crippen LogP contribution in [0.1, 0.15) is 33.4 Å². The van der Waals surface area contributed by atoms with Gasteiger partial charge in [0, 0.05) is 17.1 Å². The monoisotopic (exact) mass is 653 g/mol. The second kappa shape index (κ2) is 16.6. The Balaban J connectivity index is 1.12. The molecule has 0 saturated carbocycles. The Morgan fingerprint density at radius 3 is 0.882 bits per heavy atom. The number of anilines is 3. The molecule has 1 heteroatoms. The molecule has 0 bridgehead atoms. The fraction of sp³-hybridized carbons (Fsp3) is 0. The van der Waals surface area contributed by atoms with Crippen LogP contribution in [0.15, 0.2) is 224 Å². The minimum Gasteiger partial charge on any atom is -0.311 e. The predicted molar refractivity (Wildman–Crippen MR) is 219 cm³/mol. The molecule has 1 nitrogen and oxygen atoms in total. The Kier molecular flexibility index (Phi) is 10.7. The molecule has 0 spiro atoms. The second-order valence-electron chi connectivity index (χ2n) is 12.2. The molecule has 0 aliphatic heterocycles. The molecule has 7 rings (SSSR count). The Hall–Kier alpha value is -6.70. The van der Waals surface area contributed by atoms with Crippen LogP contribution in [0, 0.1) is 0 Å². The molecule has 0 N–H and O–H groups in total. The van der Waals surface area contributed by atoms with Crippen LogP contribution in [0.5, 0.6) is 0 Å². The normalized spacial score (nSPS) is 11.0. The van der Waals surface area contributed by atoms with Crippen molar-refractivity contribution in [2.24, 2.45) is 0 Å². The fourth-order valence-electron chi connectivity index (χ4n) is 6.19. The first-order chi connectivity index (χ1) is 25.3. The van der Waals surface area contributed by atoms with Crippen LogP contribution in [0.3, 0.4) is 0 Å². The predicted octanol–water partition coefficient (Wildman–Crippen LogP) is 13.4. The SMILES string of the molecule is C(=Cc1ccc(N(c2ccccc2)c2ccc(/C=C\C=C(c3ccccc3)c3ccccc3)cc2)cc1)C=C(c1ccccc1)c1ccccc1. The van der Waals surface area contributed by atoms with Gasteiger partial charge < -0.3 is 4.90 Å². The summed E-state index contributed by atoms with van der Waals surface area (Å²) in [5, 5.41) is 0. The first-order valence-corrected chi connectivity index (χ1v) is 17.4. The maximum Gasteiger partial charge on any atom is 0.0462 e. The number of para-hydroxylation sites is 1. The average Bonchev–Trinajstić information content (AvgIpc) is 3.21. The molecule has 0 aromatic heterocycles. The van der Waals surface area contributed by atoms with E-state index in [-0.39, 0.29) is 0 Å². The van der Waals surface area contributed by atoms with Crippen molar-refractivity contribution >= 4 is 40.4 Å². The maximum absolute atomic E-state index is 2.30.